The standard InChI is InChI=1S/C15H19NOS.ClH/c1-2-7-16-8-3-4-12-13-9-11(17)5-6-15(13)18-10-14(12)16;/h4-6,9,14,17H,2-3,7-8,10H2,1H3;1H. The van der Waals surface area contributed by atoms with E-state index in [2.05, 4.69) is 17.9 Å². The van der Waals surface area contributed by atoms with Crippen molar-refractivity contribution in [2.24, 2.45) is 0 Å². The first-order valence-electron chi connectivity index (χ1n) is 6.70. The Kier molecular flexibility index (Phi) is 4.82. The number of fused-ring (bicyclic) bond motifs is 3. The number of aromatic hydroxyl groups is 1. The van der Waals surface area contributed by atoms with Crippen LogP contribution in [0, 0.1) is 0 Å². The van der Waals surface area contributed by atoms with Gasteiger partial charge in [-0.1, -0.05) is 13.0 Å². The average molecular weight is 298 g/mol. The van der Waals surface area contributed by atoms with E-state index in [-0.39, 0.29) is 12.4 Å². The van der Waals surface area contributed by atoms with Crippen LogP contribution in [0.2, 0.25) is 0 Å². The Bertz CT molecular complexity index is 489. The number of rotatable bonds is 2. The summed E-state index contributed by atoms with van der Waals surface area (Å²) in [6.07, 6.45) is 4.71. The third-order valence-corrected chi connectivity index (χ3v) is 4.91. The summed E-state index contributed by atoms with van der Waals surface area (Å²) in [6, 6.07) is 6.30. The molecule has 0 saturated carbocycles. The molecular formula is C15H20ClNOS. The normalized spacial score (nSPS) is 21.9. The predicted octanol–water partition coefficient (Wildman–Crippen LogP) is 3.79. The highest BCUT2D eigenvalue weighted by Gasteiger charge is 2.30. The van der Waals surface area contributed by atoms with Crippen molar-refractivity contribution in [2.75, 3.05) is 18.8 Å². The maximum Gasteiger partial charge on any atom is 0.116 e. The fourth-order valence-corrected chi connectivity index (χ4v) is 4.18. The van der Waals surface area contributed by atoms with Crippen molar-refractivity contribution < 1.29 is 5.11 Å². The van der Waals surface area contributed by atoms with Gasteiger partial charge in [0.25, 0.3) is 0 Å². The van der Waals surface area contributed by atoms with Crippen LogP contribution in [0.3, 0.4) is 0 Å². The number of hydrogen-bond acceptors (Lipinski definition) is 3. The van der Waals surface area contributed by atoms with E-state index < -0.39 is 0 Å². The van der Waals surface area contributed by atoms with Crippen LogP contribution in [0.1, 0.15) is 25.3 Å². The molecular weight excluding hydrogens is 278 g/mol. The van der Waals surface area contributed by atoms with Crippen LogP contribution in [0.25, 0.3) is 5.57 Å². The molecule has 4 heteroatoms. The molecule has 0 bridgehead atoms. The molecule has 0 spiro atoms. The summed E-state index contributed by atoms with van der Waals surface area (Å²) < 4.78 is 0. The van der Waals surface area contributed by atoms with E-state index in [4.69, 9.17) is 0 Å². The molecule has 1 aromatic rings. The number of thioether (sulfide) groups is 1. The summed E-state index contributed by atoms with van der Waals surface area (Å²) in [4.78, 5) is 3.91. The van der Waals surface area contributed by atoms with Crippen LogP contribution in [0.4, 0.5) is 0 Å². The highest BCUT2D eigenvalue weighted by atomic mass is 35.5. The van der Waals surface area contributed by atoms with Gasteiger partial charge >= 0.3 is 0 Å². The second kappa shape index (κ2) is 6.21. The van der Waals surface area contributed by atoms with Crippen molar-refractivity contribution in [2.45, 2.75) is 30.7 Å². The van der Waals surface area contributed by atoms with Gasteiger partial charge in [-0.05, 0) is 48.7 Å². The zero-order valence-corrected chi connectivity index (χ0v) is 12.8. The van der Waals surface area contributed by atoms with E-state index in [0.717, 1.165) is 12.2 Å². The molecule has 3 rings (SSSR count). The van der Waals surface area contributed by atoms with Crippen LogP contribution < -0.4 is 0 Å². The summed E-state index contributed by atoms with van der Waals surface area (Å²) in [5.74, 6) is 1.52. The van der Waals surface area contributed by atoms with E-state index in [1.54, 1.807) is 6.07 Å². The monoisotopic (exact) mass is 297 g/mol. The number of hydrogen-bond donors (Lipinski definition) is 1. The topological polar surface area (TPSA) is 23.5 Å². The first-order valence-corrected chi connectivity index (χ1v) is 7.68. The minimum atomic E-state index is 0. The van der Waals surface area contributed by atoms with Gasteiger partial charge in [-0.25, -0.2) is 0 Å². The number of phenols is 1. The molecule has 1 N–H and O–H groups in total. The number of halogens is 1. The molecule has 1 aromatic carbocycles. The second-order valence-corrected chi connectivity index (χ2v) is 6.05. The van der Waals surface area contributed by atoms with Gasteiger partial charge in [0.2, 0.25) is 0 Å². The maximum absolute atomic E-state index is 9.70. The number of benzene rings is 1. The number of nitrogens with zero attached hydrogens (tertiary/aromatic N) is 1. The van der Waals surface area contributed by atoms with Crippen molar-refractivity contribution in [3.8, 4) is 5.75 Å². The molecule has 19 heavy (non-hydrogen) atoms. The fourth-order valence-electron chi connectivity index (χ4n) is 2.95. The molecule has 2 nitrogen and oxygen atoms in total. The molecule has 1 unspecified atom stereocenters. The van der Waals surface area contributed by atoms with Gasteiger partial charge in [-0.2, -0.15) is 0 Å². The van der Waals surface area contributed by atoms with Crippen LogP contribution >= 0.6 is 24.2 Å². The molecule has 1 atom stereocenters. The molecule has 2 aliphatic heterocycles. The lowest BCUT2D eigenvalue weighted by Crippen LogP contribution is -2.42. The van der Waals surface area contributed by atoms with Gasteiger partial charge in [0, 0.05) is 23.2 Å². The molecule has 104 valence electrons. The molecule has 0 saturated heterocycles. The van der Waals surface area contributed by atoms with Crippen molar-refractivity contribution in [1.29, 1.82) is 0 Å². The van der Waals surface area contributed by atoms with E-state index in [0.29, 0.717) is 11.8 Å². The van der Waals surface area contributed by atoms with Crippen molar-refractivity contribution >= 4 is 29.7 Å². The summed E-state index contributed by atoms with van der Waals surface area (Å²) in [6.45, 7) is 4.60. The van der Waals surface area contributed by atoms with E-state index >= 15 is 0 Å². The molecule has 0 amide bonds. The Labute approximate surface area is 125 Å². The smallest absolute Gasteiger partial charge is 0.116 e. The van der Waals surface area contributed by atoms with Gasteiger partial charge in [-0.3, -0.25) is 4.90 Å². The first-order chi connectivity index (χ1) is 8.79. The minimum Gasteiger partial charge on any atom is -0.508 e. The Morgan fingerprint density at radius 3 is 3.05 bits per heavy atom. The Morgan fingerprint density at radius 2 is 2.26 bits per heavy atom. The van der Waals surface area contributed by atoms with Gasteiger partial charge in [-0.15, -0.1) is 24.2 Å². The first kappa shape index (κ1) is 14.8. The lowest BCUT2D eigenvalue weighted by atomic mass is 9.93. The Hall–Kier alpha value is -0.640. The average Bonchev–Trinajstić information content (AvgIpc) is 2.39. The van der Waals surface area contributed by atoms with Gasteiger partial charge in [0.1, 0.15) is 5.75 Å². The van der Waals surface area contributed by atoms with Crippen LogP contribution in [-0.4, -0.2) is 34.9 Å². The zero-order chi connectivity index (χ0) is 12.5. The SMILES string of the molecule is CCCN1CCC=C2c3cc(O)ccc3SCC21.Cl. The predicted molar refractivity (Wildman–Crippen MR) is 84.3 cm³/mol. The summed E-state index contributed by atoms with van der Waals surface area (Å²) >= 11 is 1.92. The maximum atomic E-state index is 9.70. The quantitative estimate of drug-likeness (QED) is 0.898. The fraction of sp³-hybridized carbons (Fsp3) is 0.467. The third kappa shape index (κ3) is 2.78. The molecule has 2 heterocycles. The highest BCUT2D eigenvalue weighted by Crippen LogP contribution is 2.42. The highest BCUT2D eigenvalue weighted by molar-refractivity contribution is 7.99. The molecule has 0 aromatic heterocycles. The van der Waals surface area contributed by atoms with Crippen LogP contribution in [-0.2, 0) is 0 Å². The van der Waals surface area contributed by atoms with Crippen molar-refractivity contribution in [3.63, 3.8) is 0 Å². The van der Waals surface area contributed by atoms with E-state index in [1.165, 1.54) is 35.5 Å². The van der Waals surface area contributed by atoms with Gasteiger partial charge < -0.3 is 5.11 Å². The van der Waals surface area contributed by atoms with Gasteiger partial charge in [0.05, 0.1) is 0 Å². The lowest BCUT2D eigenvalue weighted by Gasteiger charge is -2.39. The molecule has 0 aliphatic carbocycles. The third-order valence-electron chi connectivity index (χ3n) is 3.76. The van der Waals surface area contributed by atoms with Gasteiger partial charge in [0.15, 0.2) is 0 Å². The molecule has 0 radical (unpaired) electrons. The second-order valence-electron chi connectivity index (χ2n) is 4.99. The summed E-state index contributed by atoms with van der Waals surface area (Å²) in [5.41, 5.74) is 2.68. The van der Waals surface area contributed by atoms with E-state index in [9.17, 15) is 5.11 Å². The molecule has 2 aliphatic rings. The minimum absolute atomic E-state index is 0. The van der Waals surface area contributed by atoms with Crippen LogP contribution in [0.5, 0.6) is 5.75 Å². The lowest BCUT2D eigenvalue weighted by molar-refractivity contribution is 0.245. The molecule has 0 fully saturated rings. The zero-order valence-electron chi connectivity index (χ0n) is 11.1. The Balaban J connectivity index is 0.00000133. The Morgan fingerprint density at radius 1 is 1.42 bits per heavy atom. The largest absolute Gasteiger partial charge is 0.508 e. The van der Waals surface area contributed by atoms with Crippen LogP contribution in [0.15, 0.2) is 29.2 Å². The number of phenolic OH excluding ortho intramolecular Hbond substituents is 1. The summed E-state index contributed by atoms with van der Waals surface area (Å²) in [5, 5.41) is 9.70. The summed E-state index contributed by atoms with van der Waals surface area (Å²) in [7, 11) is 0. The van der Waals surface area contributed by atoms with Crippen molar-refractivity contribution in [3.05, 3.63) is 29.8 Å². The van der Waals surface area contributed by atoms with E-state index in [1.807, 2.05) is 23.9 Å². The van der Waals surface area contributed by atoms with Crippen molar-refractivity contribution in [1.82, 2.24) is 4.90 Å².